The van der Waals surface area contributed by atoms with Gasteiger partial charge in [0, 0.05) is 12.0 Å². The maximum atomic E-state index is 11.0. The first-order valence-electron chi connectivity index (χ1n) is 7.44. The van der Waals surface area contributed by atoms with Crippen molar-refractivity contribution in [3.05, 3.63) is 34.9 Å². The van der Waals surface area contributed by atoms with E-state index in [1.54, 1.807) is 0 Å². The molecule has 0 spiro atoms. The summed E-state index contributed by atoms with van der Waals surface area (Å²) in [6, 6.07) is 6.23. The van der Waals surface area contributed by atoms with E-state index < -0.39 is 6.10 Å². The highest BCUT2D eigenvalue weighted by Gasteiger charge is 2.41. The molecule has 1 aliphatic rings. The van der Waals surface area contributed by atoms with Crippen LogP contribution in [0.2, 0.25) is 0 Å². The Labute approximate surface area is 117 Å². The lowest BCUT2D eigenvalue weighted by atomic mass is 9.64. The summed E-state index contributed by atoms with van der Waals surface area (Å²) in [5, 5.41) is 11.0. The second kappa shape index (κ2) is 5.64. The SMILES string of the molecule is Cc1cccc(C)c1C(O)C1(CN)CCCC(C)C1. The summed E-state index contributed by atoms with van der Waals surface area (Å²) < 4.78 is 0. The Bertz CT molecular complexity index is 423. The lowest BCUT2D eigenvalue weighted by molar-refractivity contribution is -0.0138. The molecule has 2 nitrogen and oxygen atoms in total. The van der Waals surface area contributed by atoms with Gasteiger partial charge in [-0.15, -0.1) is 0 Å². The summed E-state index contributed by atoms with van der Waals surface area (Å²) in [7, 11) is 0. The van der Waals surface area contributed by atoms with Crippen molar-refractivity contribution >= 4 is 0 Å². The molecule has 3 atom stereocenters. The molecule has 1 aliphatic carbocycles. The van der Waals surface area contributed by atoms with Gasteiger partial charge in [-0.25, -0.2) is 0 Å². The highest BCUT2D eigenvalue weighted by atomic mass is 16.3. The van der Waals surface area contributed by atoms with Crippen LogP contribution in [0.25, 0.3) is 0 Å². The van der Waals surface area contributed by atoms with Crippen molar-refractivity contribution in [2.45, 2.75) is 52.6 Å². The van der Waals surface area contributed by atoms with Crippen molar-refractivity contribution in [1.82, 2.24) is 0 Å². The fourth-order valence-electron chi connectivity index (χ4n) is 3.81. The zero-order chi connectivity index (χ0) is 14.0. The van der Waals surface area contributed by atoms with E-state index in [-0.39, 0.29) is 5.41 Å². The first-order chi connectivity index (χ1) is 9.00. The molecule has 1 aromatic rings. The quantitative estimate of drug-likeness (QED) is 0.875. The first-order valence-corrected chi connectivity index (χ1v) is 7.44. The summed E-state index contributed by atoms with van der Waals surface area (Å²) in [5.41, 5.74) is 9.41. The Balaban J connectivity index is 2.38. The van der Waals surface area contributed by atoms with E-state index in [2.05, 4.69) is 39.0 Å². The van der Waals surface area contributed by atoms with Gasteiger partial charge in [-0.2, -0.15) is 0 Å². The number of benzene rings is 1. The molecule has 1 saturated carbocycles. The Kier molecular flexibility index (Phi) is 4.32. The minimum Gasteiger partial charge on any atom is -0.388 e. The summed E-state index contributed by atoms with van der Waals surface area (Å²) in [4.78, 5) is 0. The fourth-order valence-corrected chi connectivity index (χ4v) is 3.81. The van der Waals surface area contributed by atoms with Crippen molar-refractivity contribution in [3.63, 3.8) is 0 Å². The molecule has 0 saturated heterocycles. The van der Waals surface area contributed by atoms with Crippen molar-refractivity contribution < 1.29 is 5.11 Å². The van der Waals surface area contributed by atoms with Gasteiger partial charge in [0.05, 0.1) is 6.10 Å². The second-order valence-electron chi connectivity index (χ2n) is 6.48. The van der Waals surface area contributed by atoms with E-state index in [1.807, 2.05) is 0 Å². The minimum absolute atomic E-state index is 0.130. The zero-order valence-electron chi connectivity index (χ0n) is 12.4. The van der Waals surface area contributed by atoms with Crippen LogP contribution in [0.15, 0.2) is 18.2 Å². The third-order valence-electron chi connectivity index (χ3n) is 4.93. The van der Waals surface area contributed by atoms with Crippen LogP contribution in [-0.4, -0.2) is 11.7 Å². The van der Waals surface area contributed by atoms with Gasteiger partial charge in [-0.3, -0.25) is 0 Å². The normalized spacial score (nSPS) is 29.2. The van der Waals surface area contributed by atoms with Crippen LogP contribution in [0, 0.1) is 25.2 Å². The highest BCUT2D eigenvalue weighted by molar-refractivity contribution is 5.36. The molecule has 3 N–H and O–H groups in total. The van der Waals surface area contributed by atoms with Gasteiger partial charge in [0.15, 0.2) is 0 Å². The van der Waals surface area contributed by atoms with E-state index in [0.29, 0.717) is 12.5 Å². The van der Waals surface area contributed by atoms with Crippen LogP contribution in [0.4, 0.5) is 0 Å². The minimum atomic E-state index is -0.429. The average Bonchev–Trinajstić information content (AvgIpc) is 2.38. The molecule has 2 heteroatoms. The second-order valence-corrected chi connectivity index (χ2v) is 6.48. The third kappa shape index (κ3) is 2.70. The van der Waals surface area contributed by atoms with Crippen molar-refractivity contribution in [1.29, 1.82) is 0 Å². The van der Waals surface area contributed by atoms with E-state index in [0.717, 1.165) is 18.4 Å². The molecule has 106 valence electrons. The van der Waals surface area contributed by atoms with E-state index in [9.17, 15) is 5.11 Å². The monoisotopic (exact) mass is 261 g/mol. The highest BCUT2D eigenvalue weighted by Crippen LogP contribution is 2.48. The van der Waals surface area contributed by atoms with Gasteiger partial charge < -0.3 is 10.8 Å². The molecule has 1 fully saturated rings. The molecule has 0 amide bonds. The number of aryl methyl sites for hydroxylation is 2. The van der Waals surface area contributed by atoms with Crippen molar-refractivity contribution in [2.24, 2.45) is 17.1 Å². The van der Waals surface area contributed by atoms with Gasteiger partial charge >= 0.3 is 0 Å². The Hall–Kier alpha value is -0.860. The lowest BCUT2D eigenvalue weighted by Gasteiger charge is -2.43. The number of aliphatic hydroxyl groups is 1. The largest absolute Gasteiger partial charge is 0.388 e. The zero-order valence-corrected chi connectivity index (χ0v) is 12.4. The summed E-state index contributed by atoms with van der Waals surface area (Å²) >= 11 is 0. The number of hydrogen-bond acceptors (Lipinski definition) is 2. The lowest BCUT2D eigenvalue weighted by Crippen LogP contribution is -2.41. The topological polar surface area (TPSA) is 46.2 Å². The van der Waals surface area contributed by atoms with Crippen LogP contribution in [0.1, 0.15) is 55.4 Å². The molecule has 1 aromatic carbocycles. The van der Waals surface area contributed by atoms with Crippen LogP contribution in [0.3, 0.4) is 0 Å². The van der Waals surface area contributed by atoms with Crippen LogP contribution < -0.4 is 5.73 Å². The van der Waals surface area contributed by atoms with Gasteiger partial charge in [0.25, 0.3) is 0 Å². The molecule has 3 unspecified atom stereocenters. The number of aliphatic hydroxyl groups excluding tert-OH is 1. The molecular weight excluding hydrogens is 234 g/mol. The molecular formula is C17H27NO. The molecule has 0 heterocycles. The molecule has 2 rings (SSSR count). The molecule has 0 bridgehead atoms. The molecule has 0 aliphatic heterocycles. The standard InChI is InChI=1S/C17H27NO/c1-12-6-5-9-17(10-12,11-18)16(19)15-13(2)7-4-8-14(15)3/h4,7-8,12,16,19H,5-6,9-11,18H2,1-3H3. The van der Waals surface area contributed by atoms with Crippen LogP contribution in [-0.2, 0) is 0 Å². The number of nitrogens with two attached hydrogens (primary N) is 1. The number of hydrogen-bond donors (Lipinski definition) is 2. The van der Waals surface area contributed by atoms with Gasteiger partial charge in [0.2, 0.25) is 0 Å². The van der Waals surface area contributed by atoms with Gasteiger partial charge in [-0.1, -0.05) is 38.0 Å². The predicted molar refractivity (Wildman–Crippen MR) is 80.0 cm³/mol. The van der Waals surface area contributed by atoms with E-state index in [1.165, 1.54) is 24.0 Å². The summed E-state index contributed by atoms with van der Waals surface area (Å²) in [6.45, 7) is 7.03. The Morgan fingerprint density at radius 3 is 2.53 bits per heavy atom. The Morgan fingerprint density at radius 1 is 1.37 bits per heavy atom. The third-order valence-corrected chi connectivity index (χ3v) is 4.93. The average molecular weight is 261 g/mol. The molecule has 0 radical (unpaired) electrons. The fraction of sp³-hybridized carbons (Fsp3) is 0.647. The van der Waals surface area contributed by atoms with Crippen LogP contribution >= 0.6 is 0 Å². The van der Waals surface area contributed by atoms with E-state index in [4.69, 9.17) is 5.73 Å². The maximum absolute atomic E-state index is 11.0. The van der Waals surface area contributed by atoms with Crippen molar-refractivity contribution in [3.8, 4) is 0 Å². The van der Waals surface area contributed by atoms with E-state index >= 15 is 0 Å². The Morgan fingerprint density at radius 2 is 2.00 bits per heavy atom. The van der Waals surface area contributed by atoms with Gasteiger partial charge in [0.1, 0.15) is 0 Å². The van der Waals surface area contributed by atoms with Gasteiger partial charge in [-0.05, 0) is 49.3 Å². The maximum Gasteiger partial charge on any atom is 0.0863 e. The summed E-state index contributed by atoms with van der Waals surface area (Å²) in [6.07, 6.45) is 4.10. The first kappa shape index (κ1) is 14.5. The molecule has 0 aromatic heterocycles. The molecule has 19 heavy (non-hydrogen) atoms. The smallest absolute Gasteiger partial charge is 0.0863 e. The predicted octanol–water partition coefficient (Wildman–Crippen LogP) is 3.49. The summed E-state index contributed by atoms with van der Waals surface area (Å²) in [5.74, 6) is 0.663. The van der Waals surface area contributed by atoms with Crippen LogP contribution in [0.5, 0.6) is 0 Å². The van der Waals surface area contributed by atoms with Crippen molar-refractivity contribution in [2.75, 3.05) is 6.54 Å². The number of rotatable bonds is 3.